The van der Waals surface area contributed by atoms with E-state index in [1.54, 1.807) is 31.3 Å². The largest absolute Gasteiger partial charge is 0.392 e. The van der Waals surface area contributed by atoms with Gasteiger partial charge < -0.3 is 15.4 Å². The molecule has 2 aromatic heterocycles. The van der Waals surface area contributed by atoms with Gasteiger partial charge in [0.15, 0.2) is 6.29 Å². The molecule has 2 heterocycles. The van der Waals surface area contributed by atoms with Crippen LogP contribution in [0.1, 0.15) is 35.5 Å². The summed E-state index contributed by atoms with van der Waals surface area (Å²) in [6.07, 6.45) is 14.4. The topological polar surface area (TPSA) is 101 Å². The number of aldehydes is 1. The van der Waals surface area contributed by atoms with Crippen molar-refractivity contribution in [3.05, 3.63) is 71.4 Å². The number of fused-ring (bicyclic) bond motifs is 1. The first-order chi connectivity index (χ1) is 14.8. The molecule has 0 aromatic carbocycles. The maximum Gasteiger partial charge on any atom is 0.169 e. The van der Waals surface area contributed by atoms with Crippen molar-refractivity contribution in [2.45, 2.75) is 32.7 Å². The van der Waals surface area contributed by atoms with Gasteiger partial charge in [-0.2, -0.15) is 0 Å². The molecule has 0 radical (unpaired) electrons. The van der Waals surface area contributed by atoms with Gasteiger partial charge in [-0.15, -0.1) is 0 Å². The number of H-pyrrole nitrogens is 1. The summed E-state index contributed by atoms with van der Waals surface area (Å²) < 4.78 is 12.4. The first-order valence-corrected chi connectivity index (χ1v) is 9.92. The summed E-state index contributed by atoms with van der Waals surface area (Å²) in [5.74, 6) is 0. The second-order valence-corrected chi connectivity index (χ2v) is 7.25. The van der Waals surface area contributed by atoms with Crippen LogP contribution in [0, 0.1) is 0 Å². The highest BCUT2D eigenvalue weighted by Crippen LogP contribution is 2.25. The van der Waals surface area contributed by atoms with Crippen molar-refractivity contribution >= 4 is 23.3 Å². The van der Waals surface area contributed by atoms with Crippen LogP contribution < -0.4 is 5.32 Å². The molecule has 0 aliphatic heterocycles. The number of carbonyl (C=O) groups excluding carboxylic acids is 1. The van der Waals surface area contributed by atoms with Gasteiger partial charge in [0.1, 0.15) is 11.9 Å². The third-order valence-electron chi connectivity index (χ3n) is 4.39. The average molecular weight is 429 g/mol. The van der Waals surface area contributed by atoms with E-state index in [4.69, 9.17) is 0 Å². The molecule has 166 valence electrons. The number of pyridine rings is 1. The van der Waals surface area contributed by atoms with Crippen LogP contribution in [0.5, 0.6) is 0 Å². The van der Waals surface area contributed by atoms with E-state index < -0.39 is 12.3 Å². The number of halogens is 1. The summed E-state index contributed by atoms with van der Waals surface area (Å²) >= 11 is 0. The molecule has 3 rings (SSSR count). The molecule has 1 aliphatic rings. The number of nitrogens with zero attached hydrogens (tertiary/aromatic N) is 2. The second kappa shape index (κ2) is 11.9. The standard InChI is InChI=1S/C15H20N4O3.C8H9F/c1-10(21)5-16-6-11-7-17-13-8-18-14(9-20)12(15(11)13)3-4-19(2)22;1-7-3-2-4-8(9)6-5-7/h3-4,7-10,16-17,21-22H,5-6H2,1-2H3;2-6,8H,1H3/b4-3-;. The zero-order chi connectivity index (χ0) is 22.8. The lowest BCUT2D eigenvalue weighted by molar-refractivity contribution is -0.0118. The third kappa shape index (κ3) is 7.60. The summed E-state index contributed by atoms with van der Waals surface area (Å²) in [6, 6.07) is 0. The van der Waals surface area contributed by atoms with Gasteiger partial charge in [-0.1, -0.05) is 23.8 Å². The second-order valence-electron chi connectivity index (χ2n) is 7.25. The predicted molar refractivity (Wildman–Crippen MR) is 120 cm³/mol. The summed E-state index contributed by atoms with van der Waals surface area (Å²) in [5, 5.41) is 23.5. The minimum atomic E-state index is -0.904. The Balaban J connectivity index is 0.000000316. The maximum absolute atomic E-state index is 12.4. The molecule has 0 spiro atoms. The van der Waals surface area contributed by atoms with Crippen molar-refractivity contribution in [2.24, 2.45) is 0 Å². The van der Waals surface area contributed by atoms with E-state index >= 15 is 0 Å². The smallest absolute Gasteiger partial charge is 0.169 e. The fourth-order valence-electron chi connectivity index (χ4n) is 2.91. The van der Waals surface area contributed by atoms with Crippen LogP contribution in [0.3, 0.4) is 0 Å². The van der Waals surface area contributed by atoms with Gasteiger partial charge in [-0.05, 0) is 37.6 Å². The molecule has 0 saturated heterocycles. The number of hydrogen-bond donors (Lipinski definition) is 4. The highest BCUT2D eigenvalue weighted by atomic mass is 19.1. The van der Waals surface area contributed by atoms with Gasteiger partial charge in [-0.25, -0.2) is 4.39 Å². The molecule has 2 atom stereocenters. The summed E-state index contributed by atoms with van der Waals surface area (Å²) in [6.45, 7) is 4.67. The number of nitrogens with one attached hydrogen (secondary N) is 2. The Hall–Kier alpha value is -3.07. The highest BCUT2D eigenvalue weighted by molar-refractivity contribution is 5.97. The van der Waals surface area contributed by atoms with Crippen molar-refractivity contribution in [2.75, 3.05) is 13.6 Å². The molecule has 7 nitrogen and oxygen atoms in total. The molecule has 0 amide bonds. The van der Waals surface area contributed by atoms with E-state index in [2.05, 4.69) is 15.3 Å². The lowest BCUT2D eigenvalue weighted by atomic mass is 10.1. The van der Waals surface area contributed by atoms with Gasteiger partial charge in [0, 0.05) is 43.5 Å². The zero-order valence-corrected chi connectivity index (χ0v) is 17.9. The predicted octanol–water partition coefficient (Wildman–Crippen LogP) is 3.53. The number of aromatic nitrogens is 2. The number of aliphatic hydroxyl groups is 1. The van der Waals surface area contributed by atoms with Crippen LogP contribution in [0.2, 0.25) is 0 Å². The molecule has 0 saturated carbocycles. The third-order valence-corrected chi connectivity index (χ3v) is 4.39. The Morgan fingerprint density at radius 1 is 1.42 bits per heavy atom. The zero-order valence-electron chi connectivity index (χ0n) is 17.9. The van der Waals surface area contributed by atoms with E-state index in [1.165, 1.54) is 25.4 Å². The lowest BCUT2D eigenvalue weighted by Crippen LogP contribution is -2.23. The van der Waals surface area contributed by atoms with Crippen molar-refractivity contribution in [1.82, 2.24) is 20.3 Å². The van der Waals surface area contributed by atoms with E-state index in [-0.39, 0.29) is 0 Å². The number of alkyl halides is 1. The molecule has 31 heavy (non-hydrogen) atoms. The summed E-state index contributed by atoms with van der Waals surface area (Å²) in [5.41, 5.74) is 3.80. The average Bonchev–Trinajstić information content (AvgIpc) is 3.03. The molecular formula is C23H29FN4O3. The van der Waals surface area contributed by atoms with Gasteiger partial charge in [0.25, 0.3) is 0 Å². The fourth-order valence-corrected chi connectivity index (χ4v) is 2.91. The van der Waals surface area contributed by atoms with Crippen LogP contribution >= 0.6 is 0 Å². The number of rotatable bonds is 7. The molecule has 1 aliphatic carbocycles. The molecule has 2 aromatic rings. The lowest BCUT2D eigenvalue weighted by Gasteiger charge is -2.08. The highest BCUT2D eigenvalue weighted by Gasteiger charge is 2.12. The molecule has 4 N–H and O–H groups in total. The van der Waals surface area contributed by atoms with Crippen molar-refractivity contribution < 1.29 is 19.5 Å². The number of carbonyl (C=O) groups is 1. The number of hydrogen-bond acceptors (Lipinski definition) is 6. The first-order valence-electron chi connectivity index (χ1n) is 9.92. The number of aromatic amines is 1. The van der Waals surface area contributed by atoms with Crippen LogP contribution in [0.4, 0.5) is 4.39 Å². The van der Waals surface area contributed by atoms with Crippen molar-refractivity contribution in [1.29, 1.82) is 0 Å². The van der Waals surface area contributed by atoms with Gasteiger partial charge in [0.05, 0.1) is 17.8 Å². The van der Waals surface area contributed by atoms with E-state index in [9.17, 15) is 19.5 Å². The van der Waals surface area contributed by atoms with Gasteiger partial charge in [0.2, 0.25) is 0 Å². The normalized spacial score (nSPS) is 16.6. The Kier molecular flexibility index (Phi) is 9.33. The first kappa shape index (κ1) is 24.2. The molecule has 0 fully saturated rings. The van der Waals surface area contributed by atoms with Gasteiger partial charge in [-0.3, -0.25) is 20.0 Å². The minimum Gasteiger partial charge on any atom is -0.392 e. The Morgan fingerprint density at radius 2 is 2.19 bits per heavy atom. The van der Waals surface area contributed by atoms with Gasteiger partial charge >= 0.3 is 0 Å². The van der Waals surface area contributed by atoms with Crippen LogP contribution in [0.25, 0.3) is 17.0 Å². The molecule has 8 heteroatoms. The fraction of sp³-hybridized carbons (Fsp3) is 0.304. The van der Waals surface area contributed by atoms with Crippen LogP contribution in [-0.2, 0) is 6.54 Å². The maximum atomic E-state index is 12.4. The summed E-state index contributed by atoms with van der Waals surface area (Å²) in [7, 11) is 1.48. The minimum absolute atomic E-state index is 0.307. The van der Waals surface area contributed by atoms with E-state index in [0.29, 0.717) is 30.6 Å². The number of allylic oxidation sites excluding steroid dienone is 6. The number of aliphatic hydroxyl groups excluding tert-OH is 1. The summed E-state index contributed by atoms with van der Waals surface area (Å²) in [4.78, 5) is 18.4. The van der Waals surface area contributed by atoms with E-state index in [0.717, 1.165) is 27.1 Å². The Morgan fingerprint density at radius 3 is 2.87 bits per heavy atom. The number of hydroxylamine groups is 2. The molecule has 2 unspecified atom stereocenters. The van der Waals surface area contributed by atoms with Crippen molar-refractivity contribution in [3.8, 4) is 0 Å². The van der Waals surface area contributed by atoms with Crippen LogP contribution in [0.15, 0.2) is 54.5 Å². The van der Waals surface area contributed by atoms with Crippen LogP contribution in [-0.4, -0.2) is 57.5 Å². The Bertz CT molecular complexity index is 990. The quantitative estimate of drug-likeness (QED) is 0.398. The molecular weight excluding hydrogens is 399 g/mol. The molecule has 0 bridgehead atoms. The van der Waals surface area contributed by atoms with Crippen molar-refractivity contribution in [3.63, 3.8) is 0 Å². The monoisotopic (exact) mass is 428 g/mol. The Labute approximate surface area is 181 Å². The van der Waals surface area contributed by atoms with E-state index in [1.807, 2.05) is 19.2 Å². The SMILES string of the molecule is CC(O)CNCc1c[nH]c2cnc(C=O)c(/C=C\N(C)O)c12.CC1=CC=CC(F)C=C1.